The van der Waals surface area contributed by atoms with Crippen molar-refractivity contribution in [2.45, 2.75) is 31.0 Å². The molecule has 3 amide bonds. The molecule has 4 rings (SSSR count). The molecular weight excluding hydrogens is 413 g/mol. The van der Waals surface area contributed by atoms with Crippen LogP contribution in [0.5, 0.6) is 0 Å². The van der Waals surface area contributed by atoms with Gasteiger partial charge in [-0.3, -0.25) is 14.4 Å². The van der Waals surface area contributed by atoms with Gasteiger partial charge < -0.3 is 15.5 Å². The van der Waals surface area contributed by atoms with Crippen LogP contribution in [0.1, 0.15) is 22.3 Å². The van der Waals surface area contributed by atoms with Crippen molar-refractivity contribution in [3.05, 3.63) is 69.7 Å². The molecule has 2 saturated heterocycles. The van der Waals surface area contributed by atoms with Crippen molar-refractivity contribution in [3.8, 4) is 0 Å². The Hall–Kier alpha value is -2.57. The molecule has 0 aromatic heterocycles. The molecule has 150 valence electrons. The molecule has 0 spiro atoms. The van der Waals surface area contributed by atoms with E-state index >= 15 is 0 Å². The quantitative estimate of drug-likeness (QED) is 0.779. The lowest BCUT2D eigenvalue weighted by Gasteiger charge is -2.34. The summed E-state index contributed by atoms with van der Waals surface area (Å²) in [6.45, 7) is 0.294. The molecule has 8 heteroatoms. The van der Waals surface area contributed by atoms with Gasteiger partial charge in [-0.05, 0) is 30.2 Å². The molecule has 0 radical (unpaired) electrons. The topological polar surface area (TPSA) is 78.5 Å². The summed E-state index contributed by atoms with van der Waals surface area (Å²) in [6, 6.07) is 12.7. The second-order valence-electron chi connectivity index (χ2n) is 7.32. The summed E-state index contributed by atoms with van der Waals surface area (Å²) in [6.07, 6.45) is 0.808. The molecule has 2 fully saturated rings. The van der Waals surface area contributed by atoms with Gasteiger partial charge in [-0.15, -0.1) is 0 Å². The van der Waals surface area contributed by atoms with Crippen LogP contribution in [-0.4, -0.2) is 47.3 Å². The largest absolute Gasteiger partial charge is 0.347 e. The fourth-order valence-corrected chi connectivity index (χ4v) is 4.43. The van der Waals surface area contributed by atoms with Crippen LogP contribution >= 0.6 is 23.2 Å². The highest BCUT2D eigenvalue weighted by Gasteiger charge is 2.46. The average molecular weight is 432 g/mol. The molecule has 2 heterocycles. The minimum atomic E-state index is -0.595. The van der Waals surface area contributed by atoms with Crippen LogP contribution in [0.15, 0.2) is 48.5 Å². The minimum absolute atomic E-state index is 0.124. The van der Waals surface area contributed by atoms with Crippen LogP contribution < -0.4 is 10.6 Å². The van der Waals surface area contributed by atoms with Crippen LogP contribution in [0.4, 0.5) is 0 Å². The van der Waals surface area contributed by atoms with Crippen LogP contribution in [0.25, 0.3) is 0 Å². The molecule has 29 heavy (non-hydrogen) atoms. The SMILES string of the molecule is O=C(N[C@H]1C[C@H]2C(=O)N[C@@H](Cc3ccccc3)C(=O)N2C1)c1cc(Cl)cc(Cl)c1. The number of hydrogen-bond donors (Lipinski definition) is 2. The van der Waals surface area contributed by atoms with Crippen LogP contribution in [0.2, 0.25) is 10.0 Å². The Kier molecular flexibility index (Phi) is 5.48. The Morgan fingerprint density at radius 3 is 2.48 bits per heavy atom. The number of nitrogens with zero attached hydrogens (tertiary/aromatic N) is 1. The molecule has 0 aliphatic carbocycles. The minimum Gasteiger partial charge on any atom is -0.347 e. The number of carbonyl (C=O) groups excluding carboxylic acids is 3. The standard InChI is InChI=1S/C21H19Cl2N3O3/c22-14-7-13(8-15(23)9-14)19(27)24-16-10-18-20(28)25-17(21(29)26(18)11-16)6-12-4-2-1-3-5-12/h1-5,7-9,16-18H,6,10-11H2,(H,24,27)(H,25,28)/t16-,17-,18-/m0/s1. The van der Waals surface area contributed by atoms with Gasteiger partial charge in [0.15, 0.2) is 0 Å². The molecule has 2 aromatic rings. The van der Waals surface area contributed by atoms with E-state index in [1.54, 1.807) is 11.0 Å². The first-order valence-corrected chi connectivity index (χ1v) is 10.1. The highest BCUT2D eigenvalue weighted by atomic mass is 35.5. The molecule has 2 aliphatic rings. The van der Waals surface area contributed by atoms with Crippen LogP contribution in [0, 0.1) is 0 Å². The monoisotopic (exact) mass is 431 g/mol. The number of rotatable bonds is 4. The van der Waals surface area contributed by atoms with Gasteiger partial charge in [0.25, 0.3) is 5.91 Å². The summed E-state index contributed by atoms with van der Waals surface area (Å²) in [5, 5.41) is 6.44. The number of carbonyl (C=O) groups is 3. The lowest BCUT2D eigenvalue weighted by Crippen LogP contribution is -2.61. The molecule has 6 nitrogen and oxygen atoms in total. The second-order valence-corrected chi connectivity index (χ2v) is 8.19. The van der Waals surface area contributed by atoms with Gasteiger partial charge in [-0.1, -0.05) is 53.5 Å². The first kappa shape index (κ1) is 19.7. The lowest BCUT2D eigenvalue weighted by atomic mass is 10.0. The van der Waals surface area contributed by atoms with Crippen LogP contribution in [0.3, 0.4) is 0 Å². The summed E-state index contributed by atoms with van der Waals surface area (Å²) in [5.74, 6) is -0.651. The third kappa shape index (κ3) is 4.23. The van der Waals surface area contributed by atoms with E-state index in [9.17, 15) is 14.4 Å². The highest BCUT2D eigenvalue weighted by Crippen LogP contribution is 2.25. The van der Waals surface area contributed by atoms with Crippen molar-refractivity contribution in [2.24, 2.45) is 0 Å². The lowest BCUT2D eigenvalue weighted by molar-refractivity contribution is -0.147. The first-order chi connectivity index (χ1) is 13.9. The fourth-order valence-electron chi connectivity index (χ4n) is 3.90. The predicted molar refractivity (Wildman–Crippen MR) is 110 cm³/mol. The van der Waals surface area contributed by atoms with Gasteiger partial charge >= 0.3 is 0 Å². The van der Waals surface area contributed by atoms with Gasteiger partial charge in [0.2, 0.25) is 11.8 Å². The van der Waals surface area contributed by atoms with Gasteiger partial charge in [-0.25, -0.2) is 0 Å². The third-order valence-corrected chi connectivity index (χ3v) is 5.68. The molecule has 3 atom stereocenters. The summed E-state index contributed by atoms with van der Waals surface area (Å²) < 4.78 is 0. The molecular formula is C21H19Cl2N3O3. The molecule has 0 saturated carbocycles. The maximum atomic E-state index is 12.9. The first-order valence-electron chi connectivity index (χ1n) is 9.32. The highest BCUT2D eigenvalue weighted by molar-refractivity contribution is 6.35. The summed E-state index contributed by atoms with van der Waals surface area (Å²) in [4.78, 5) is 39.6. The average Bonchev–Trinajstić information content (AvgIpc) is 3.10. The Morgan fingerprint density at radius 2 is 1.79 bits per heavy atom. The Balaban J connectivity index is 1.44. The fraction of sp³-hybridized carbons (Fsp3) is 0.286. The second kappa shape index (κ2) is 8.05. The van der Waals surface area contributed by atoms with E-state index in [0.29, 0.717) is 35.0 Å². The van der Waals surface area contributed by atoms with Crippen molar-refractivity contribution >= 4 is 40.9 Å². The molecule has 0 bridgehead atoms. The summed E-state index contributed by atoms with van der Waals surface area (Å²) in [5.41, 5.74) is 1.32. The zero-order valence-corrected chi connectivity index (χ0v) is 16.9. The zero-order valence-electron chi connectivity index (χ0n) is 15.4. The van der Waals surface area contributed by atoms with E-state index in [0.717, 1.165) is 5.56 Å². The number of amides is 3. The maximum absolute atomic E-state index is 12.9. The number of halogens is 2. The van der Waals surface area contributed by atoms with E-state index in [1.165, 1.54) is 12.1 Å². The number of hydrogen-bond acceptors (Lipinski definition) is 3. The molecule has 2 aliphatic heterocycles. The van der Waals surface area contributed by atoms with E-state index in [1.807, 2.05) is 30.3 Å². The number of fused-ring (bicyclic) bond motifs is 1. The van der Waals surface area contributed by atoms with Crippen molar-refractivity contribution in [3.63, 3.8) is 0 Å². The Bertz CT molecular complexity index is 947. The number of benzene rings is 2. The molecule has 2 aromatic carbocycles. The summed E-state index contributed by atoms with van der Waals surface area (Å²) >= 11 is 11.9. The third-order valence-electron chi connectivity index (χ3n) is 5.24. The summed E-state index contributed by atoms with van der Waals surface area (Å²) in [7, 11) is 0. The van der Waals surface area contributed by atoms with E-state index < -0.39 is 12.1 Å². The van der Waals surface area contributed by atoms with Gasteiger partial charge in [0, 0.05) is 34.6 Å². The van der Waals surface area contributed by atoms with Gasteiger partial charge in [0.05, 0.1) is 0 Å². The van der Waals surface area contributed by atoms with Gasteiger partial charge in [-0.2, -0.15) is 0 Å². The number of piperazine rings is 1. The normalized spacial score (nSPS) is 23.5. The predicted octanol–water partition coefficient (Wildman–Crippen LogP) is 2.43. The van der Waals surface area contributed by atoms with Crippen molar-refractivity contribution in [1.29, 1.82) is 0 Å². The van der Waals surface area contributed by atoms with Crippen molar-refractivity contribution in [1.82, 2.24) is 15.5 Å². The Labute approximate surface area is 178 Å². The smallest absolute Gasteiger partial charge is 0.251 e. The maximum Gasteiger partial charge on any atom is 0.251 e. The van der Waals surface area contributed by atoms with E-state index in [-0.39, 0.29) is 23.8 Å². The van der Waals surface area contributed by atoms with Crippen molar-refractivity contribution < 1.29 is 14.4 Å². The Morgan fingerprint density at radius 1 is 1.10 bits per heavy atom. The van der Waals surface area contributed by atoms with E-state index in [4.69, 9.17) is 23.2 Å². The number of nitrogens with one attached hydrogen (secondary N) is 2. The van der Waals surface area contributed by atoms with Crippen molar-refractivity contribution in [2.75, 3.05) is 6.54 Å². The van der Waals surface area contributed by atoms with E-state index in [2.05, 4.69) is 10.6 Å². The zero-order chi connectivity index (χ0) is 20.5. The van der Waals surface area contributed by atoms with Crippen LogP contribution in [-0.2, 0) is 16.0 Å². The molecule has 2 N–H and O–H groups in total. The van der Waals surface area contributed by atoms with Gasteiger partial charge in [0.1, 0.15) is 12.1 Å². The molecule has 0 unspecified atom stereocenters.